The summed E-state index contributed by atoms with van der Waals surface area (Å²) in [6.45, 7) is 3.41. The van der Waals surface area contributed by atoms with Crippen LogP contribution in [0.5, 0.6) is 5.75 Å². The molecule has 0 amide bonds. The topological polar surface area (TPSA) is 85.3 Å². The van der Waals surface area contributed by atoms with E-state index >= 15 is 0 Å². The number of methoxy groups -OCH3 is 1. The Balaban J connectivity index is 1.40. The molecule has 2 aromatic carbocycles. The van der Waals surface area contributed by atoms with Crippen LogP contribution in [0.1, 0.15) is 0 Å². The number of anilines is 3. The molecular formula is C22H23N7O. The second-order valence-corrected chi connectivity index (χ2v) is 7.23. The summed E-state index contributed by atoms with van der Waals surface area (Å²) >= 11 is 0. The molecule has 0 bridgehead atoms. The number of aromatic nitrogens is 4. The largest absolute Gasteiger partial charge is 0.495 e. The summed E-state index contributed by atoms with van der Waals surface area (Å²) in [6.07, 6.45) is 3.47. The van der Waals surface area contributed by atoms with Crippen LogP contribution in [0.15, 0.2) is 61.1 Å². The number of piperazine rings is 1. The zero-order chi connectivity index (χ0) is 20.5. The van der Waals surface area contributed by atoms with E-state index in [4.69, 9.17) is 10.5 Å². The fourth-order valence-corrected chi connectivity index (χ4v) is 3.96. The molecule has 1 aliphatic rings. The van der Waals surface area contributed by atoms with Crippen molar-refractivity contribution < 1.29 is 4.74 Å². The van der Waals surface area contributed by atoms with Crippen LogP contribution in [0.4, 0.5) is 17.2 Å². The van der Waals surface area contributed by atoms with Gasteiger partial charge < -0.3 is 20.3 Å². The van der Waals surface area contributed by atoms with Gasteiger partial charge in [-0.05, 0) is 24.3 Å². The molecule has 2 N–H and O–H groups in total. The standard InChI is InChI=1S/C22H23N7O/c1-30-20-13-16(23)7-8-19(20)27-9-11-28(12-10-27)21-18-14-26-29(22(18)25-15-24-21)17-5-3-2-4-6-17/h2-8,13-15H,9-12,23H2,1H3. The van der Waals surface area contributed by atoms with Crippen molar-refractivity contribution in [2.75, 3.05) is 48.8 Å². The van der Waals surface area contributed by atoms with E-state index in [1.165, 1.54) is 0 Å². The molecule has 8 nitrogen and oxygen atoms in total. The van der Waals surface area contributed by atoms with Crippen LogP contribution in [-0.2, 0) is 0 Å². The Morgan fingerprint density at radius 3 is 2.47 bits per heavy atom. The summed E-state index contributed by atoms with van der Waals surface area (Å²) in [6, 6.07) is 15.8. The van der Waals surface area contributed by atoms with E-state index in [1.54, 1.807) is 13.4 Å². The van der Waals surface area contributed by atoms with Gasteiger partial charge in [0.25, 0.3) is 0 Å². The molecule has 3 heterocycles. The lowest BCUT2D eigenvalue weighted by molar-refractivity contribution is 0.414. The lowest BCUT2D eigenvalue weighted by Crippen LogP contribution is -2.47. The van der Waals surface area contributed by atoms with E-state index in [2.05, 4.69) is 24.9 Å². The number of hydrogen-bond acceptors (Lipinski definition) is 7. The van der Waals surface area contributed by atoms with Crippen LogP contribution in [-0.4, -0.2) is 53.0 Å². The molecule has 0 atom stereocenters. The molecule has 8 heteroatoms. The number of nitrogen functional groups attached to an aromatic ring is 1. The molecule has 152 valence electrons. The summed E-state index contributed by atoms with van der Waals surface area (Å²) in [7, 11) is 1.68. The van der Waals surface area contributed by atoms with Gasteiger partial charge in [0.15, 0.2) is 5.65 Å². The number of hydrogen-bond donors (Lipinski definition) is 1. The summed E-state index contributed by atoms with van der Waals surface area (Å²) in [5, 5.41) is 5.52. The van der Waals surface area contributed by atoms with Gasteiger partial charge in [-0.15, -0.1) is 0 Å². The number of ether oxygens (including phenoxy) is 1. The van der Waals surface area contributed by atoms with Crippen molar-refractivity contribution in [2.45, 2.75) is 0 Å². The van der Waals surface area contributed by atoms with Crippen molar-refractivity contribution in [1.82, 2.24) is 19.7 Å². The maximum atomic E-state index is 5.90. The quantitative estimate of drug-likeness (QED) is 0.526. The highest BCUT2D eigenvalue weighted by Crippen LogP contribution is 2.32. The number of fused-ring (bicyclic) bond motifs is 1. The monoisotopic (exact) mass is 401 g/mol. The smallest absolute Gasteiger partial charge is 0.168 e. The van der Waals surface area contributed by atoms with E-state index in [9.17, 15) is 0 Å². The Bertz CT molecular complexity index is 1170. The van der Waals surface area contributed by atoms with Crippen molar-refractivity contribution in [1.29, 1.82) is 0 Å². The molecule has 5 rings (SSSR count). The maximum Gasteiger partial charge on any atom is 0.168 e. The molecule has 0 unspecified atom stereocenters. The van der Waals surface area contributed by atoms with Crippen LogP contribution in [0, 0.1) is 0 Å². The van der Waals surface area contributed by atoms with E-state index in [0.29, 0.717) is 5.69 Å². The molecule has 1 saturated heterocycles. The minimum absolute atomic E-state index is 0.702. The second-order valence-electron chi connectivity index (χ2n) is 7.23. The summed E-state index contributed by atoms with van der Waals surface area (Å²) in [5.41, 5.74) is 9.46. The van der Waals surface area contributed by atoms with E-state index in [1.807, 2.05) is 59.4 Å². The Morgan fingerprint density at radius 1 is 0.933 bits per heavy atom. The van der Waals surface area contributed by atoms with Crippen LogP contribution in [0.2, 0.25) is 0 Å². The average Bonchev–Trinajstić information content (AvgIpc) is 3.24. The van der Waals surface area contributed by atoms with Gasteiger partial charge in [-0.2, -0.15) is 5.10 Å². The van der Waals surface area contributed by atoms with Crippen molar-refractivity contribution in [3.05, 3.63) is 61.1 Å². The fourth-order valence-electron chi connectivity index (χ4n) is 3.96. The molecule has 0 spiro atoms. The van der Waals surface area contributed by atoms with E-state index < -0.39 is 0 Å². The van der Waals surface area contributed by atoms with Gasteiger partial charge in [0.05, 0.1) is 30.1 Å². The van der Waals surface area contributed by atoms with Crippen LogP contribution < -0.4 is 20.3 Å². The molecule has 0 saturated carbocycles. The highest BCUT2D eigenvalue weighted by atomic mass is 16.5. The highest BCUT2D eigenvalue weighted by Gasteiger charge is 2.23. The zero-order valence-electron chi connectivity index (χ0n) is 16.8. The van der Waals surface area contributed by atoms with Crippen molar-refractivity contribution in [3.8, 4) is 11.4 Å². The summed E-state index contributed by atoms with van der Waals surface area (Å²) < 4.78 is 7.38. The Hall–Kier alpha value is -3.81. The highest BCUT2D eigenvalue weighted by molar-refractivity contribution is 5.87. The lowest BCUT2D eigenvalue weighted by atomic mass is 10.2. The molecule has 0 aliphatic carbocycles. The number of nitrogens with zero attached hydrogens (tertiary/aromatic N) is 6. The van der Waals surface area contributed by atoms with Crippen molar-refractivity contribution in [3.63, 3.8) is 0 Å². The first kappa shape index (κ1) is 18.2. The van der Waals surface area contributed by atoms with Crippen molar-refractivity contribution >= 4 is 28.2 Å². The maximum absolute atomic E-state index is 5.90. The van der Waals surface area contributed by atoms with Gasteiger partial charge in [0, 0.05) is 37.9 Å². The Kier molecular flexibility index (Phi) is 4.59. The van der Waals surface area contributed by atoms with Crippen molar-refractivity contribution in [2.24, 2.45) is 0 Å². The third-order valence-corrected chi connectivity index (χ3v) is 5.47. The predicted molar refractivity (Wildman–Crippen MR) is 118 cm³/mol. The molecule has 4 aromatic rings. The second kappa shape index (κ2) is 7.55. The third kappa shape index (κ3) is 3.16. The van der Waals surface area contributed by atoms with E-state index in [0.717, 1.165) is 60.2 Å². The summed E-state index contributed by atoms with van der Waals surface area (Å²) in [4.78, 5) is 13.7. The molecule has 0 radical (unpaired) electrons. The van der Waals surface area contributed by atoms with Gasteiger partial charge in [-0.25, -0.2) is 14.6 Å². The first-order valence-electron chi connectivity index (χ1n) is 9.92. The van der Waals surface area contributed by atoms with Gasteiger partial charge >= 0.3 is 0 Å². The van der Waals surface area contributed by atoms with Gasteiger partial charge in [0.2, 0.25) is 0 Å². The first-order valence-corrected chi connectivity index (χ1v) is 9.92. The molecule has 1 fully saturated rings. The molecule has 2 aromatic heterocycles. The van der Waals surface area contributed by atoms with Crippen LogP contribution in [0.3, 0.4) is 0 Å². The Morgan fingerprint density at radius 2 is 1.70 bits per heavy atom. The average molecular weight is 401 g/mol. The molecule has 1 aliphatic heterocycles. The van der Waals surface area contributed by atoms with Gasteiger partial charge in [-0.3, -0.25) is 0 Å². The number of nitrogens with two attached hydrogens (primary N) is 1. The molecule has 30 heavy (non-hydrogen) atoms. The third-order valence-electron chi connectivity index (χ3n) is 5.47. The van der Waals surface area contributed by atoms with Crippen LogP contribution in [0.25, 0.3) is 16.7 Å². The lowest BCUT2D eigenvalue weighted by Gasteiger charge is -2.37. The SMILES string of the molecule is COc1cc(N)ccc1N1CCN(c2ncnc3c2cnn3-c2ccccc2)CC1. The normalized spacial score (nSPS) is 14.3. The zero-order valence-corrected chi connectivity index (χ0v) is 16.8. The Labute approximate surface area is 174 Å². The van der Waals surface area contributed by atoms with Gasteiger partial charge in [-0.1, -0.05) is 18.2 Å². The first-order chi connectivity index (χ1) is 14.7. The minimum Gasteiger partial charge on any atom is -0.495 e. The summed E-state index contributed by atoms with van der Waals surface area (Å²) in [5.74, 6) is 1.73. The number of para-hydroxylation sites is 1. The van der Waals surface area contributed by atoms with Crippen LogP contribution >= 0.6 is 0 Å². The fraction of sp³-hybridized carbons (Fsp3) is 0.227. The predicted octanol–water partition coefficient (Wildman–Crippen LogP) is 2.73. The minimum atomic E-state index is 0.702. The van der Waals surface area contributed by atoms with E-state index in [-0.39, 0.29) is 0 Å². The molecular weight excluding hydrogens is 378 g/mol. The number of benzene rings is 2. The van der Waals surface area contributed by atoms with Gasteiger partial charge in [0.1, 0.15) is 17.9 Å². The number of rotatable bonds is 4.